The molecule has 0 saturated heterocycles. The number of carbonyl (C=O) groups is 1. The second-order valence-corrected chi connectivity index (χ2v) is 5.09. The molecule has 0 heterocycles. The Balaban J connectivity index is 2.58. The molecule has 1 atom stereocenters. The van der Waals surface area contributed by atoms with Crippen LogP contribution in [-0.4, -0.2) is 11.2 Å². The van der Waals surface area contributed by atoms with Crippen LogP contribution < -0.4 is 5.32 Å². The van der Waals surface area contributed by atoms with Crippen molar-refractivity contribution in [3.05, 3.63) is 35.4 Å². The molecule has 0 saturated carbocycles. The second kappa shape index (κ2) is 6.70. The van der Waals surface area contributed by atoms with Gasteiger partial charge in [-0.25, -0.2) is 0 Å². The van der Waals surface area contributed by atoms with Crippen LogP contribution in [0.1, 0.15) is 31.9 Å². The fourth-order valence-corrected chi connectivity index (χ4v) is 1.76. The lowest BCUT2D eigenvalue weighted by molar-refractivity contribution is -0.121. The molecule has 1 N–H and O–H groups in total. The van der Waals surface area contributed by atoms with Crippen LogP contribution in [0.4, 0.5) is 0 Å². The molecule has 2 nitrogen and oxygen atoms in total. The maximum Gasteiger partial charge on any atom is 0.233 e. The monoisotopic (exact) mass is 251 g/mol. The molecule has 0 spiro atoms. The summed E-state index contributed by atoms with van der Waals surface area (Å²) in [6.45, 7) is 6.71. The topological polar surface area (TPSA) is 29.1 Å². The molecule has 1 amide bonds. The fourth-order valence-electron chi connectivity index (χ4n) is 1.66. The van der Waals surface area contributed by atoms with Crippen LogP contribution in [0.25, 0.3) is 0 Å². The zero-order chi connectivity index (χ0) is 12.8. The van der Waals surface area contributed by atoms with Gasteiger partial charge in [0.15, 0.2) is 0 Å². The van der Waals surface area contributed by atoms with Gasteiger partial charge in [0.2, 0.25) is 5.91 Å². The van der Waals surface area contributed by atoms with Gasteiger partial charge >= 0.3 is 0 Å². The Morgan fingerprint density at radius 1 is 1.29 bits per heavy atom. The highest BCUT2D eigenvalue weighted by molar-refractivity contribution is 7.81. The van der Waals surface area contributed by atoms with Gasteiger partial charge in [0, 0.05) is 6.54 Å². The molecule has 0 fully saturated rings. The maximum atomic E-state index is 11.8. The molecule has 1 aromatic rings. The van der Waals surface area contributed by atoms with Crippen molar-refractivity contribution in [2.24, 2.45) is 5.92 Å². The van der Waals surface area contributed by atoms with Crippen LogP contribution in [0, 0.1) is 5.92 Å². The summed E-state index contributed by atoms with van der Waals surface area (Å²) in [5, 5.41) is 2.71. The third-order valence-electron chi connectivity index (χ3n) is 2.85. The fraction of sp³-hybridized carbons (Fsp3) is 0.500. The van der Waals surface area contributed by atoms with E-state index in [1.54, 1.807) is 0 Å². The largest absolute Gasteiger partial charge is 0.351 e. The molecule has 0 bridgehead atoms. The summed E-state index contributed by atoms with van der Waals surface area (Å²) in [4.78, 5) is 11.8. The van der Waals surface area contributed by atoms with Crippen LogP contribution in [-0.2, 0) is 17.8 Å². The summed E-state index contributed by atoms with van der Waals surface area (Å²) in [6, 6.07) is 8.19. The molecule has 17 heavy (non-hydrogen) atoms. The number of hydrogen-bond donors (Lipinski definition) is 2. The Morgan fingerprint density at radius 2 is 1.88 bits per heavy atom. The number of nitrogens with one attached hydrogen (secondary N) is 1. The third-order valence-corrected chi connectivity index (χ3v) is 3.68. The summed E-state index contributed by atoms with van der Waals surface area (Å²) in [5.41, 5.74) is 2.47. The number of amides is 1. The minimum absolute atomic E-state index is 0.00856. The number of benzene rings is 1. The van der Waals surface area contributed by atoms with Crippen molar-refractivity contribution in [2.75, 3.05) is 0 Å². The molecule has 1 aromatic carbocycles. The summed E-state index contributed by atoms with van der Waals surface area (Å²) in [6.07, 6.45) is 0.987. The number of hydrogen-bond acceptors (Lipinski definition) is 2. The van der Waals surface area contributed by atoms with Gasteiger partial charge in [0.1, 0.15) is 0 Å². The molecule has 0 aliphatic rings. The van der Waals surface area contributed by atoms with Crippen molar-refractivity contribution in [2.45, 2.75) is 39.0 Å². The highest BCUT2D eigenvalue weighted by Gasteiger charge is 2.17. The molecule has 94 valence electrons. The SMILES string of the molecule is CCc1ccccc1CNC(=O)C(S)C(C)C. The first kappa shape index (κ1) is 14.1. The molecular weight excluding hydrogens is 230 g/mol. The number of carbonyl (C=O) groups excluding carboxylic acids is 1. The van der Waals surface area contributed by atoms with Crippen LogP contribution in [0.15, 0.2) is 24.3 Å². The van der Waals surface area contributed by atoms with Gasteiger partial charge in [-0.1, -0.05) is 45.0 Å². The lowest BCUT2D eigenvalue weighted by atomic mass is 10.0. The van der Waals surface area contributed by atoms with E-state index in [0.717, 1.165) is 6.42 Å². The molecule has 0 aliphatic heterocycles. The first-order valence-corrected chi connectivity index (χ1v) is 6.60. The van der Waals surface area contributed by atoms with Crippen molar-refractivity contribution in [3.63, 3.8) is 0 Å². The third kappa shape index (κ3) is 4.08. The molecule has 3 heteroatoms. The summed E-state index contributed by atoms with van der Waals surface area (Å²) < 4.78 is 0. The lowest BCUT2D eigenvalue weighted by Crippen LogP contribution is -2.34. The van der Waals surface area contributed by atoms with E-state index in [9.17, 15) is 4.79 Å². The highest BCUT2D eigenvalue weighted by atomic mass is 32.1. The van der Waals surface area contributed by atoms with E-state index in [-0.39, 0.29) is 17.1 Å². The van der Waals surface area contributed by atoms with E-state index < -0.39 is 0 Å². The predicted molar refractivity (Wildman–Crippen MR) is 75.3 cm³/mol. The van der Waals surface area contributed by atoms with Crippen LogP contribution in [0.2, 0.25) is 0 Å². The van der Waals surface area contributed by atoms with Crippen molar-refractivity contribution < 1.29 is 4.79 Å². The van der Waals surface area contributed by atoms with Gasteiger partial charge in [-0.2, -0.15) is 12.6 Å². The van der Waals surface area contributed by atoms with Crippen molar-refractivity contribution in [1.29, 1.82) is 0 Å². The Morgan fingerprint density at radius 3 is 2.41 bits per heavy atom. The average molecular weight is 251 g/mol. The number of rotatable bonds is 5. The van der Waals surface area contributed by atoms with Crippen LogP contribution in [0.5, 0.6) is 0 Å². The first-order valence-electron chi connectivity index (χ1n) is 6.08. The molecule has 1 rings (SSSR count). The van der Waals surface area contributed by atoms with Crippen molar-refractivity contribution >= 4 is 18.5 Å². The van der Waals surface area contributed by atoms with E-state index >= 15 is 0 Å². The standard InChI is InChI=1S/C14H21NOS/c1-4-11-7-5-6-8-12(11)9-15-14(16)13(17)10(2)3/h5-8,10,13,17H,4,9H2,1-3H3,(H,15,16). The molecule has 0 aliphatic carbocycles. The molecule has 0 aromatic heterocycles. The van der Waals surface area contributed by atoms with Gasteiger partial charge in [-0.3, -0.25) is 4.79 Å². The summed E-state index contributed by atoms with van der Waals surface area (Å²) >= 11 is 4.30. The highest BCUT2D eigenvalue weighted by Crippen LogP contribution is 2.11. The van der Waals surface area contributed by atoms with E-state index in [2.05, 4.69) is 37.0 Å². The van der Waals surface area contributed by atoms with E-state index in [1.807, 2.05) is 26.0 Å². The molecular formula is C14H21NOS. The van der Waals surface area contributed by atoms with Crippen molar-refractivity contribution in [1.82, 2.24) is 5.32 Å². The van der Waals surface area contributed by atoms with E-state index in [0.29, 0.717) is 6.54 Å². The van der Waals surface area contributed by atoms with Crippen LogP contribution >= 0.6 is 12.6 Å². The normalized spacial score (nSPS) is 12.5. The van der Waals surface area contributed by atoms with Gasteiger partial charge in [0.05, 0.1) is 5.25 Å². The smallest absolute Gasteiger partial charge is 0.233 e. The average Bonchev–Trinajstić information content (AvgIpc) is 2.35. The Kier molecular flexibility index (Phi) is 5.56. The summed E-state index contributed by atoms with van der Waals surface area (Å²) in [7, 11) is 0. The van der Waals surface area contributed by atoms with Crippen molar-refractivity contribution in [3.8, 4) is 0 Å². The zero-order valence-corrected chi connectivity index (χ0v) is 11.6. The lowest BCUT2D eigenvalue weighted by Gasteiger charge is -2.15. The minimum Gasteiger partial charge on any atom is -0.351 e. The Hall–Kier alpha value is -0.960. The van der Waals surface area contributed by atoms with Gasteiger partial charge in [0.25, 0.3) is 0 Å². The van der Waals surface area contributed by atoms with Gasteiger partial charge in [-0.05, 0) is 23.5 Å². The maximum absolute atomic E-state index is 11.8. The van der Waals surface area contributed by atoms with Gasteiger partial charge < -0.3 is 5.32 Å². The first-order chi connectivity index (χ1) is 8.06. The molecule has 1 unspecified atom stereocenters. The summed E-state index contributed by atoms with van der Waals surface area (Å²) in [5.74, 6) is 0.258. The van der Waals surface area contributed by atoms with Gasteiger partial charge in [-0.15, -0.1) is 0 Å². The minimum atomic E-state index is -0.233. The quantitative estimate of drug-likeness (QED) is 0.774. The van der Waals surface area contributed by atoms with Crippen LogP contribution in [0.3, 0.4) is 0 Å². The second-order valence-electron chi connectivity index (χ2n) is 4.53. The van der Waals surface area contributed by atoms with E-state index in [1.165, 1.54) is 11.1 Å². The zero-order valence-electron chi connectivity index (χ0n) is 10.7. The number of thiol groups is 1. The number of aryl methyl sites for hydroxylation is 1. The predicted octanol–water partition coefficient (Wildman–Crippen LogP) is 2.82. The van der Waals surface area contributed by atoms with E-state index in [4.69, 9.17) is 0 Å². The Labute approximate surface area is 109 Å². The molecule has 0 radical (unpaired) electrons. The Bertz CT molecular complexity index is 376.